The van der Waals surface area contributed by atoms with Gasteiger partial charge in [0.25, 0.3) is 0 Å². The van der Waals surface area contributed by atoms with Gasteiger partial charge in [-0.1, -0.05) is 120 Å². The monoisotopic (exact) mass is 545 g/mol. The van der Waals surface area contributed by atoms with E-state index in [0.717, 1.165) is 47.9 Å². The maximum absolute atomic E-state index is 8.33. The maximum Gasteiger partial charge on any atom is 0.129 e. The lowest BCUT2D eigenvalue weighted by Crippen LogP contribution is -2.52. The summed E-state index contributed by atoms with van der Waals surface area (Å²) in [5, 5.41) is 2.86. The number of allylic oxidation sites excluding steroid dienone is 1. The van der Waals surface area contributed by atoms with Crippen molar-refractivity contribution in [1.82, 2.24) is 0 Å². The summed E-state index contributed by atoms with van der Waals surface area (Å²) in [4.78, 5) is 0. The molecule has 5 rings (SSSR count). The van der Waals surface area contributed by atoms with Crippen LogP contribution in [0.2, 0.25) is 5.04 Å². The highest BCUT2D eigenvalue weighted by molar-refractivity contribution is 9.10. The van der Waals surface area contributed by atoms with Crippen molar-refractivity contribution >= 4 is 40.7 Å². The molecule has 3 atom stereocenters. The molecule has 1 saturated carbocycles. The zero-order chi connectivity index (χ0) is 26.2. The van der Waals surface area contributed by atoms with E-state index < -0.39 is 8.80 Å². The van der Waals surface area contributed by atoms with Crippen molar-refractivity contribution in [3.63, 3.8) is 0 Å². The molecular formula is C32H36BrOSi. The van der Waals surface area contributed by atoms with Gasteiger partial charge < -0.3 is 4.74 Å². The SMILES string of the molecule is [2H]C([2H])=C1c2cc(Br)ccc2C[C@@]12CC[C@H](OCC(C)(C)[Si](c1ccccc1)c1ccccc1)[C@@H](C)C2. The van der Waals surface area contributed by atoms with Gasteiger partial charge in [0.05, 0.1) is 15.5 Å². The van der Waals surface area contributed by atoms with Crippen molar-refractivity contribution in [2.45, 2.75) is 57.6 Å². The molecule has 3 aromatic carbocycles. The third-order valence-corrected chi connectivity index (χ3v) is 11.9. The number of hydrogen-bond acceptors (Lipinski definition) is 1. The summed E-state index contributed by atoms with van der Waals surface area (Å²) < 4.78 is 24.5. The van der Waals surface area contributed by atoms with E-state index in [1.54, 1.807) is 0 Å². The van der Waals surface area contributed by atoms with E-state index in [9.17, 15) is 0 Å². The lowest BCUT2D eigenvalue weighted by atomic mass is 9.65. The largest absolute Gasteiger partial charge is 0.378 e. The molecule has 0 unspecified atom stereocenters. The molecule has 1 radical (unpaired) electrons. The Morgan fingerprint density at radius 3 is 2.31 bits per heavy atom. The van der Waals surface area contributed by atoms with Gasteiger partial charge in [-0.05, 0) is 70.9 Å². The Labute approximate surface area is 224 Å². The van der Waals surface area contributed by atoms with Crippen molar-refractivity contribution in [2.24, 2.45) is 11.3 Å². The molecule has 0 saturated heterocycles. The molecule has 1 fully saturated rings. The maximum atomic E-state index is 8.33. The first kappa shape index (κ1) is 22.3. The summed E-state index contributed by atoms with van der Waals surface area (Å²) in [7, 11) is -1.06. The summed E-state index contributed by atoms with van der Waals surface area (Å²) in [5.41, 5.74) is 3.20. The Kier molecular flexibility index (Phi) is 6.26. The number of ether oxygens (including phenoxy) is 1. The Balaban J connectivity index is 1.33. The van der Waals surface area contributed by atoms with Crippen LogP contribution in [0.5, 0.6) is 0 Å². The Morgan fingerprint density at radius 2 is 1.71 bits per heavy atom. The van der Waals surface area contributed by atoms with Crippen LogP contribution in [-0.4, -0.2) is 21.5 Å². The fourth-order valence-corrected chi connectivity index (χ4v) is 9.94. The number of rotatable bonds is 6. The second kappa shape index (κ2) is 9.84. The number of hydrogen-bond donors (Lipinski definition) is 0. The van der Waals surface area contributed by atoms with Crippen LogP contribution in [0.15, 0.2) is 89.9 Å². The average molecular weight is 547 g/mol. The molecule has 1 spiro atoms. The van der Waals surface area contributed by atoms with Gasteiger partial charge >= 0.3 is 0 Å². The molecule has 2 aliphatic rings. The smallest absolute Gasteiger partial charge is 0.129 e. The molecule has 3 aromatic rings. The van der Waals surface area contributed by atoms with E-state index in [2.05, 4.69) is 116 Å². The van der Waals surface area contributed by atoms with Gasteiger partial charge in [-0.15, -0.1) is 0 Å². The molecular weight excluding hydrogens is 508 g/mol. The van der Waals surface area contributed by atoms with Crippen LogP contribution in [0.25, 0.3) is 5.57 Å². The minimum absolute atomic E-state index is 0.0126. The van der Waals surface area contributed by atoms with Crippen LogP contribution in [0.3, 0.4) is 0 Å². The summed E-state index contributed by atoms with van der Waals surface area (Å²) in [6, 6.07) is 28.3. The molecule has 0 N–H and O–H groups in total. The van der Waals surface area contributed by atoms with Crippen molar-refractivity contribution in [2.75, 3.05) is 6.61 Å². The van der Waals surface area contributed by atoms with Gasteiger partial charge in [-0.3, -0.25) is 0 Å². The van der Waals surface area contributed by atoms with Crippen LogP contribution in [0.4, 0.5) is 0 Å². The summed E-state index contributed by atoms with van der Waals surface area (Å²) in [5.74, 6) is 0.376. The van der Waals surface area contributed by atoms with Gasteiger partial charge in [-0.2, -0.15) is 0 Å². The Bertz CT molecular complexity index is 1230. The molecule has 3 heteroatoms. The van der Waals surface area contributed by atoms with Gasteiger partial charge in [0.2, 0.25) is 0 Å². The predicted molar refractivity (Wildman–Crippen MR) is 154 cm³/mol. The number of benzene rings is 3. The van der Waals surface area contributed by atoms with Crippen molar-refractivity contribution in [1.29, 1.82) is 0 Å². The van der Waals surface area contributed by atoms with Crippen LogP contribution >= 0.6 is 15.9 Å². The summed E-state index contributed by atoms with van der Waals surface area (Å²) >= 11 is 3.60. The average Bonchev–Trinajstić information content (AvgIpc) is 3.17. The van der Waals surface area contributed by atoms with E-state index in [1.807, 2.05) is 0 Å². The van der Waals surface area contributed by atoms with Gasteiger partial charge in [0.1, 0.15) is 8.80 Å². The number of fused-ring (bicyclic) bond motifs is 1. The van der Waals surface area contributed by atoms with E-state index in [1.165, 1.54) is 15.9 Å². The molecule has 35 heavy (non-hydrogen) atoms. The van der Waals surface area contributed by atoms with Gasteiger partial charge in [-0.25, -0.2) is 0 Å². The predicted octanol–water partition coefficient (Wildman–Crippen LogP) is 7.30. The highest BCUT2D eigenvalue weighted by Crippen LogP contribution is 2.56. The van der Waals surface area contributed by atoms with Crippen LogP contribution < -0.4 is 10.4 Å². The third kappa shape index (κ3) is 4.88. The number of halogens is 1. The normalized spacial score (nSPS) is 24.9. The van der Waals surface area contributed by atoms with Crippen LogP contribution in [0.1, 0.15) is 53.9 Å². The molecule has 0 heterocycles. The Hall–Kier alpha value is -1.94. The molecule has 0 bridgehead atoms. The molecule has 0 amide bonds. The molecule has 0 aliphatic heterocycles. The highest BCUT2D eigenvalue weighted by Gasteiger charge is 2.46. The topological polar surface area (TPSA) is 9.23 Å². The van der Waals surface area contributed by atoms with Gasteiger partial charge in [0.15, 0.2) is 0 Å². The van der Waals surface area contributed by atoms with E-state index in [4.69, 9.17) is 7.48 Å². The lowest BCUT2D eigenvalue weighted by Gasteiger charge is -2.43. The first-order chi connectivity index (χ1) is 17.7. The molecule has 2 aliphatic carbocycles. The van der Waals surface area contributed by atoms with Crippen LogP contribution in [0, 0.1) is 11.3 Å². The minimum Gasteiger partial charge on any atom is -0.378 e. The van der Waals surface area contributed by atoms with Gasteiger partial charge in [0, 0.05) is 4.47 Å². The molecule has 0 aromatic heterocycles. The van der Waals surface area contributed by atoms with E-state index in [-0.39, 0.29) is 23.1 Å². The summed E-state index contributed by atoms with van der Waals surface area (Å²) in [6.07, 6.45) is 4.05. The van der Waals surface area contributed by atoms with Crippen molar-refractivity contribution < 1.29 is 7.48 Å². The zero-order valence-electron chi connectivity index (χ0n) is 23.0. The lowest BCUT2D eigenvalue weighted by molar-refractivity contribution is -0.0347. The van der Waals surface area contributed by atoms with Crippen LogP contribution in [-0.2, 0) is 11.2 Å². The molecule has 181 valence electrons. The standard InChI is InChI=1S/C32H36BrOSi/c1-23-20-32(21-25-15-16-26(33)19-29(25)24(32)2)18-17-30(23)34-22-31(3,4)35(27-11-7-5-8-12-27)28-13-9-6-10-14-28/h5-16,19,23,30H,2,17-18,20-22H2,1,3-4H3/t23-,30-,32-/m0/s1/i2D2. The minimum atomic E-state index is -1.06. The van der Waals surface area contributed by atoms with Crippen molar-refractivity contribution in [3.05, 3.63) is 101 Å². The first-order valence-electron chi connectivity index (χ1n) is 13.8. The molecule has 1 nitrogen and oxygen atoms in total. The van der Waals surface area contributed by atoms with E-state index in [0.29, 0.717) is 5.92 Å². The second-order valence-electron chi connectivity index (χ2n) is 11.2. The second-order valence-corrected chi connectivity index (χ2v) is 15.4. The van der Waals surface area contributed by atoms with E-state index >= 15 is 0 Å². The summed E-state index contributed by atoms with van der Waals surface area (Å²) in [6.45, 7) is 7.75. The first-order valence-corrected chi connectivity index (χ1v) is 15.1. The van der Waals surface area contributed by atoms with Crippen molar-refractivity contribution in [3.8, 4) is 0 Å². The Morgan fingerprint density at radius 1 is 1.06 bits per heavy atom. The quantitative estimate of drug-likeness (QED) is 0.295. The fourth-order valence-electron chi connectivity index (χ4n) is 6.41. The third-order valence-electron chi connectivity index (χ3n) is 8.12. The fraction of sp³-hybridized carbons (Fsp3) is 0.375. The highest BCUT2D eigenvalue weighted by atomic mass is 79.9. The zero-order valence-corrected chi connectivity index (χ0v) is 23.6.